The van der Waals surface area contributed by atoms with E-state index in [4.69, 9.17) is 17.3 Å². The van der Waals surface area contributed by atoms with Gasteiger partial charge in [-0.3, -0.25) is 4.98 Å². The molecule has 1 atom stereocenters. The molecule has 1 aromatic carbocycles. The molecular formula is C16H20ClN3. The third-order valence-electron chi connectivity index (χ3n) is 3.34. The summed E-state index contributed by atoms with van der Waals surface area (Å²) in [4.78, 5) is 6.47. The monoisotopic (exact) mass is 289 g/mol. The average Bonchev–Trinajstić information content (AvgIpc) is 2.45. The Bertz CT molecular complexity index is 555. The molecule has 106 valence electrons. The van der Waals surface area contributed by atoms with Gasteiger partial charge in [0.05, 0.1) is 10.7 Å². The minimum Gasteiger partial charge on any atom is -0.373 e. The molecule has 0 aliphatic heterocycles. The van der Waals surface area contributed by atoms with E-state index in [9.17, 15) is 0 Å². The Morgan fingerprint density at radius 1 is 1.30 bits per heavy atom. The Morgan fingerprint density at radius 2 is 2.10 bits per heavy atom. The van der Waals surface area contributed by atoms with Crippen LogP contribution in [-0.4, -0.2) is 18.6 Å². The van der Waals surface area contributed by atoms with Gasteiger partial charge in [-0.25, -0.2) is 0 Å². The number of likely N-dealkylation sites (N-methyl/N-ethyl adjacent to an activating group) is 1. The van der Waals surface area contributed by atoms with Gasteiger partial charge in [0, 0.05) is 37.9 Å². The fourth-order valence-electron chi connectivity index (χ4n) is 2.06. The molecule has 1 aromatic heterocycles. The first-order valence-corrected chi connectivity index (χ1v) is 7.12. The molecule has 3 nitrogen and oxygen atoms in total. The van der Waals surface area contributed by atoms with E-state index >= 15 is 0 Å². The van der Waals surface area contributed by atoms with Gasteiger partial charge in [-0.05, 0) is 36.8 Å². The molecule has 2 N–H and O–H groups in total. The number of nitrogens with zero attached hydrogens (tertiary/aromatic N) is 2. The predicted molar refractivity (Wildman–Crippen MR) is 85.3 cm³/mol. The van der Waals surface area contributed by atoms with Crippen molar-refractivity contribution in [2.24, 2.45) is 5.73 Å². The summed E-state index contributed by atoms with van der Waals surface area (Å²) >= 11 is 6.34. The SMILES string of the molecule is C[C@H](N)c1ccc(N(C)CCc2ccccn2)c(Cl)c1. The van der Waals surface area contributed by atoms with Crippen molar-refractivity contribution in [1.82, 2.24) is 4.98 Å². The second-order valence-electron chi connectivity index (χ2n) is 4.99. The Morgan fingerprint density at radius 3 is 2.70 bits per heavy atom. The molecule has 0 saturated heterocycles. The summed E-state index contributed by atoms with van der Waals surface area (Å²) in [6, 6.07) is 12.0. The minimum absolute atomic E-state index is 0.000347. The first-order valence-electron chi connectivity index (χ1n) is 6.74. The summed E-state index contributed by atoms with van der Waals surface area (Å²) in [5.41, 5.74) is 9.02. The van der Waals surface area contributed by atoms with Crippen molar-refractivity contribution in [2.45, 2.75) is 19.4 Å². The van der Waals surface area contributed by atoms with E-state index in [1.54, 1.807) is 0 Å². The van der Waals surface area contributed by atoms with Crippen LogP contribution in [-0.2, 0) is 6.42 Å². The Balaban J connectivity index is 2.04. The second kappa shape index (κ2) is 6.73. The number of aromatic nitrogens is 1. The van der Waals surface area contributed by atoms with E-state index < -0.39 is 0 Å². The second-order valence-corrected chi connectivity index (χ2v) is 5.40. The van der Waals surface area contributed by atoms with E-state index in [1.807, 2.05) is 56.6 Å². The van der Waals surface area contributed by atoms with Gasteiger partial charge in [0.25, 0.3) is 0 Å². The van der Waals surface area contributed by atoms with Crippen LogP contribution in [0.5, 0.6) is 0 Å². The van der Waals surface area contributed by atoms with Gasteiger partial charge in [-0.1, -0.05) is 23.7 Å². The number of halogens is 1. The summed E-state index contributed by atoms with van der Waals surface area (Å²) in [5, 5.41) is 0.739. The van der Waals surface area contributed by atoms with Crippen LogP contribution >= 0.6 is 11.6 Å². The maximum atomic E-state index is 6.34. The van der Waals surface area contributed by atoms with E-state index in [0.717, 1.165) is 34.9 Å². The summed E-state index contributed by atoms with van der Waals surface area (Å²) in [6.45, 7) is 2.82. The third-order valence-corrected chi connectivity index (χ3v) is 3.64. The molecule has 0 bridgehead atoms. The molecule has 0 aliphatic rings. The maximum Gasteiger partial charge on any atom is 0.0642 e. The molecule has 0 fully saturated rings. The van der Waals surface area contributed by atoms with Gasteiger partial charge < -0.3 is 10.6 Å². The summed E-state index contributed by atoms with van der Waals surface area (Å²) < 4.78 is 0. The van der Waals surface area contributed by atoms with Crippen LogP contribution < -0.4 is 10.6 Å². The number of hydrogen-bond donors (Lipinski definition) is 1. The topological polar surface area (TPSA) is 42.1 Å². The van der Waals surface area contributed by atoms with Crippen LogP contribution in [0.15, 0.2) is 42.6 Å². The zero-order chi connectivity index (χ0) is 14.5. The molecule has 2 aromatic rings. The zero-order valence-corrected chi connectivity index (χ0v) is 12.6. The Labute approximate surface area is 125 Å². The largest absolute Gasteiger partial charge is 0.373 e. The van der Waals surface area contributed by atoms with Crippen molar-refractivity contribution in [3.05, 3.63) is 58.9 Å². The average molecular weight is 290 g/mol. The van der Waals surface area contributed by atoms with Gasteiger partial charge in [-0.15, -0.1) is 0 Å². The number of anilines is 1. The number of pyridine rings is 1. The van der Waals surface area contributed by atoms with Crippen molar-refractivity contribution >= 4 is 17.3 Å². The molecule has 0 radical (unpaired) electrons. The fourth-order valence-corrected chi connectivity index (χ4v) is 2.40. The van der Waals surface area contributed by atoms with Gasteiger partial charge in [0.1, 0.15) is 0 Å². The highest BCUT2D eigenvalue weighted by Gasteiger charge is 2.09. The first kappa shape index (κ1) is 14.8. The van der Waals surface area contributed by atoms with Gasteiger partial charge >= 0.3 is 0 Å². The highest BCUT2D eigenvalue weighted by atomic mass is 35.5. The molecule has 0 saturated carbocycles. The van der Waals surface area contributed by atoms with Gasteiger partial charge in [0.15, 0.2) is 0 Å². The van der Waals surface area contributed by atoms with Crippen LogP contribution in [0.2, 0.25) is 5.02 Å². The number of rotatable bonds is 5. The lowest BCUT2D eigenvalue weighted by molar-refractivity contribution is 0.815. The number of hydrogen-bond acceptors (Lipinski definition) is 3. The van der Waals surface area contributed by atoms with Crippen molar-refractivity contribution in [2.75, 3.05) is 18.5 Å². The van der Waals surface area contributed by atoms with Gasteiger partial charge in [-0.2, -0.15) is 0 Å². The van der Waals surface area contributed by atoms with Crippen molar-refractivity contribution in [3.8, 4) is 0 Å². The van der Waals surface area contributed by atoms with Crippen molar-refractivity contribution in [1.29, 1.82) is 0 Å². The van der Waals surface area contributed by atoms with Crippen LogP contribution in [0.25, 0.3) is 0 Å². The van der Waals surface area contributed by atoms with E-state index in [-0.39, 0.29) is 6.04 Å². The molecule has 0 amide bonds. The van der Waals surface area contributed by atoms with E-state index in [0.29, 0.717) is 0 Å². The lowest BCUT2D eigenvalue weighted by atomic mass is 10.1. The van der Waals surface area contributed by atoms with Crippen molar-refractivity contribution < 1.29 is 0 Å². The Kier molecular flexibility index (Phi) is 4.99. The fraction of sp³-hybridized carbons (Fsp3) is 0.312. The Hall–Kier alpha value is -1.58. The van der Waals surface area contributed by atoms with E-state index in [2.05, 4.69) is 9.88 Å². The normalized spacial score (nSPS) is 12.2. The molecule has 1 heterocycles. The van der Waals surface area contributed by atoms with Crippen molar-refractivity contribution in [3.63, 3.8) is 0 Å². The van der Waals surface area contributed by atoms with Crippen LogP contribution in [0.3, 0.4) is 0 Å². The molecule has 4 heteroatoms. The lowest BCUT2D eigenvalue weighted by Gasteiger charge is -2.21. The first-order chi connectivity index (χ1) is 9.58. The van der Waals surface area contributed by atoms with Gasteiger partial charge in [0.2, 0.25) is 0 Å². The highest BCUT2D eigenvalue weighted by molar-refractivity contribution is 6.33. The number of benzene rings is 1. The molecule has 0 spiro atoms. The number of nitrogens with two attached hydrogens (primary N) is 1. The van der Waals surface area contributed by atoms with E-state index in [1.165, 1.54) is 0 Å². The molecule has 0 aliphatic carbocycles. The highest BCUT2D eigenvalue weighted by Crippen LogP contribution is 2.27. The maximum absolute atomic E-state index is 6.34. The van der Waals surface area contributed by atoms with Crippen LogP contribution in [0.4, 0.5) is 5.69 Å². The third kappa shape index (κ3) is 3.71. The molecule has 0 unspecified atom stereocenters. The lowest BCUT2D eigenvalue weighted by Crippen LogP contribution is -2.21. The molecular weight excluding hydrogens is 270 g/mol. The minimum atomic E-state index is 0.000347. The predicted octanol–water partition coefficient (Wildman–Crippen LogP) is 3.43. The summed E-state index contributed by atoms with van der Waals surface area (Å²) in [6.07, 6.45) is 2.71. The standard InChI is InChI=1S/C16H20ClN3/c1-12(18)13-6-7-16(15(17)11-13)20(2)10-8-14-5-3-4-9-19-14/h3-7,9,11-12H,8,10,18H2,1-2H3/t12-/m0/s1. The molecule has 2 rings (SSSR count). The summed E-state index contributed by atoms with van der Waals surface area (Å²) in [7, 11) is 2.04. The van der Waals surface area contributed by atoms with Crippen LogP contribution in [0.1, 0.15) is 24.2 Å². The molecule has 20 heavy (non-hydrogen) atoms. The summed E-state index contributed by atoms with van der Waals surface area (Å²) in [5.74, 6) is 0. The quantitative estimate of drug-likeness (QED) is 0.917. The smallest absolute Gasteiger partial charge is 0.0642 e. The van der Waals surface area contributed by atoms with Crippen LogP contribution in [0, 0.1) is 0 Å². The zero-order valence-electron chi connectivity index (χ0n) is 11.9.